The van der Waals surface area contributed by atoms with Crippen LogP contribution in [-0.4, -0.2) is 46.1 Å². The zero-order valence-electron chi connectivity index (χ0n) is 14.3. The molecule has 1 saturated heterocycles. The Balaban J connectivity index is 1.56. The number of nitrogens with zero attached hydrogens (tertiary/aromatic N) is 2. The molecule has 0 aliphatic carbocycles. The van der Waals surface area contributed by atoms with Crippen LogP contribution in [0.5, 0.6) is 0 Å². The Morgan fingerprint density at radius 1 is 1.35 bits per heavy atom. The number of nitrogens with one attached hydrogen (secondary N) is 1. The summed E-state index contributed by atoms with van der Waals surface area (Å²) in [4.78, 5) is 18.4. The molecule has 1 aromatic carbocycles. The van der Waals surface area contributed by atoms with Crippen molar-refractivity contribution in [1.82, 2.24) is 15.2 Å². The van der Waals surface area contributed by atoms with Crippen molar-refractivity contribution >= 4 is 17.2 Å². The largest absolute Gasteiger partial charge is 0.379 e. The maximum atomic E-state index is 13.4. The smallest absolute Gasteiger partial charge is 0.256 e. The number of piperidine rings is 1. The van der Waals surface area contributed by atoms with Gasteiger partial charge in [-0.2, -0.15) is 0 Å². The third kappa shape index (κ3) is 4.44. The maximum Gasteiger partial charge on any atom is 0.256 e. The van der Waals surface area contributed by atoms with Gasteiger partial charge in [0.15, 0.2) is 17.2 Å². The van der Waals surface area contributed by atoms with Crippen molar-refractivity contribution in [2.75, 3.05) is 19.6 Å². The number of aromatic nitrogens is 1. The predicted octanol–water partition coefficient (Wildman–Crippen LogP) is 2.11. The van der Waals surface area contributed by atoms with E-state index in [9.17, 15) is 18.7 Å². The number of thiazole rings is 1. The SMILES string of the molecule is O=C1N(Cc2ccc(F)c(F)c2)CCC[C@]1(O)CNCCc1nccs1. The first-order chi connectivity index (χ1) is 12.5. The Bertz CT molecular complexity index is 757. The molecule has 0 unspecified atom stereocenters. The minimum Gasteiger partial charge on any atom is -0.379 e. The molecular formula is C18H21F2N3O2S. The van der Waals surface area contributed by atoms with Crippen LogP contribution < -0.4 is 5.32 Å². The van der Waals surface area contributed by atoms with E-state index in [0.717, 1.165) is 23.6 Å². The van der Waals surface area contributed by atoms with Gasteiger partial charge in [0, 0.05) is 44.2 Å². The number of carbonyl (C=O) groups excluding carboxylic acids is 1. The van der Waals surface area contributed by atoms with E-state index in [1.54, 1.807) is 17.5 Å². The monoisotopic (exact) mass is 381 g/mol. The van der Waals surface area contributed by atoms with Gasteiger partial charge in [-0.1, -0.05) is 6.07 Å². The lowest BCUT2D eigenvalue weighted by Gasteiger charge is -2.38. The number of halogens is 2. The maximum absolute atomic E-state index is 13.4. The van der Waals surface area contributed by atoms with E-state index >= 15 is 0 Å². The molecule has 0 saturated carbocycles. The number of likely N-dealkylation sites (tertiary alicyclic amines) is 1. The van der Waals surface area contributed by atoms with E-state index in [0.29, 0.717) is 31.5 Å². The van der Waals surface area contributed by atoms with Crippen molar-refractivity contribution in [3.05, 3.63) is 52.0 Å². The van der Waals surface area contributed by atoms with E-state index in [-0.39, 0.29) is 19.0 Å². The molecule has 2 N–H and O–H groups in total. The highest BCUT2D eigenvalue weighted by molar-refractivity contribution is 7.09. The fourth-order valence-corrected chi connectivity index (χ4v) is 3.73. The Hall–Kier alpha value is -1.90. The molecule has 1 atom stereocenters. The number of rotatable bonds is 7. The summed E-state index contributed by atoms with van der Waals surface area (Å²) in [6.45, 7) is 1.41. The molecule has 0 radical (unpaired) electrons. The second kappa shape index (κ2) is 8.20. The molecular weight excluding hydrogens is 360 g/mol. The Labute approximate surface area is 154 Å². The zero-order chi connectivity index (χ0) is 18.6. The molecule has 0 bridgehead atoms. The number of benzene rings is 1. The van der Waals surface area contributed by atoms with Crippen molar-refractivity contribution in [3.8, 4) is 0 Å². The van der Waals surface area contributed by atoms with E-state index in [4.69, 9.17) is 0 Å². The third-order valence-electron chi connectivity index (χ3n) is 4.48. The van der Waals surface area contributed by atoms with Crippen LogP contribution in [0.4, 0.5) is 8.78 Å². The molecule has 26 heavy (non-hydrogen) atoms. The predicted molar refractivity (Wildman–Crippen MR) is 94.6 cm³/mol. The average molecular weight is 381 g/mol. The van der Waals surface area contributed by atoms with Gasteiger partial charge in [-0.3, -0.25) is 4.79 Å². The first-order valence-corrected chi connectivity index (χ1v) is 9.41. The van der Waals surface area contributed by atoms with Crippen LogP contribution in [0.15, 0.2) is 29.8 Å². The third-order valence-corrected chi connectivity index (χ3v) is 5.32. The van der Waals surface area contributed by atoms with E-state index in [1.165, 1.54) is 11.0 Å². The van der Waals surface area contributed by atoms with E-state index < -0.39 is 17.2 Å². The lowest BCUT2D eigenvalue weighted by molar-refractivity contribution is -0.157. The highest BCUT2D eigenvalue weighted by Crippen LogP contribution is 2.24. The summed E-state index contributed by atoms with van der Waals surface area (Å²) in [5.41, 5.74) is -0.974. The molecule has 1 aliphatic heterocycles. The molecule has 140 valence electrons. The summed E-state index contributed by atoms with van der Waals surface area (Å²) in [7, 11) is 0. The van der Waals surface area contributed by atoms with Gasteiger partial charge in [0.05, 0.1) is 5.01 Å². The molecule has 1 amide bonds. The van der Waals surface area contributed by atoms with Gasteiger partial charge < -0.3 is 15.3 Å². The van der Waals surface area contributed by atoms with Gasteiger partial charge in [0.1, 0.15) is 0 Å². The number of hydrogen-bond acceptors (Lipinski definition) is 5. The van der Waals surface area contributed by atoms with Gasteiger partial charge in [0.2, 0.25) is 0 Å². The number of hydrogen-bond donors (Lipinski definition) is 2. The Morgan fingerprint density at radius 2 is 2.19 bits per heavy atom. The van der Waals surface area contributed by atoms with Crippen LogP contribution in [0, 0.1) is 11.6 Å². The quantitative estimate of drug-likeness (QED) is 0.721. The minimum absolute atomic E-state index is 0.150. The highest BCUT2D eigenvalue weighted by atomic mass is 32.1. The Morgan fingerprint density at radius 3 is 2.92 bits per heavy atom. The molecule has 5 nitrogen and oxygen atoms in total. The summed E-state index contributed by atoms with van der Waals surface area (Å²) in [5.74, 6) is -2.24. The summed E-state index contributed by atoms with van der Waals surface area (Å²) in [5, 5.41) is 16.8. The van der Waals surface area contributed by atoms with Crippen LogP contribution in [-0.2, 0) is 17.8 Å². The van der Waals surface area contributed by atoms with E-state index in [1.807, 2.05) is 5.38 Å². The Kier molecular flexibility index (Phi) is 5.95. The van der Waals surface area contributed by atoms with Gasteiger partial charge in [-0.15, -0.1) is 11.3 Å². The minimum atomic E-state index is -1.47. The fraction of sp³-hybridized carbons (Fsp3) is 0.444. The van der Waals surface area contributed by atoms with Crippen molar-refractivity contribution in [2.24, 2.45) is 0 Å². The van der Waals surface area contributed by atoms with Crippen LogP contribution in [0.25, 0.3) is 0 Å². The standard InChI is InChI=1S/C18H21F2N3O2S/c19-14-3-2-13(10-15(14)20)11-23-8-1-5-18(25,17(23)24)12-21-6-4-16-22-7-9-26-16/h2-3,7,9-10,21,25H,1,4-6,8,11-12H2/t18-/m0/s1. The summed E-state index contributed by atoms with van der Waals surface area (Å²) < 4.78 is 26.4. The van der Waals surface area contributed by atoms with Crippen LogP contribution in [0.2, 0.25) is 0 Å². The normalized spacial score (nSPS) is 20.6. The van der Waals surface area contributed by atoms with Crippen molar-refractivity contribution in [1.29, 1.82) is 0 Å². The molecule has 3 rings (SSSR count). The zero-order valence-corrected chi connectivity index (χ0v) is 15.1. The topological polar surface area (TPSA) is 65.5 Å². The van der Waals surface area contributed by atoms with Gasteiger partial charge >= 0.3 is 0 Å². The molecule has 1 aliphatic rings. The van der Waals surface area contributed by atoms with Gasteiger partial charge in [-0.05, 0) is 30.5 Å². The summed E-state index contributed by atoms with van der Waals surface area (Å²) in [6.07, 6.45) is 3.51. The van der Waals surface area contributed by atoms with Crippen molar-refractivity contribution in [2.45, 2.75) is 31.4 Å². The van der Waals surface area contributed by atoms with Gasteiger partial charge in [0.25, 0.3) is 5.91 Å². The van der Waals surface area contributed by atoms with Crippen molar-refractivity contribution in [3.63, 3.8) is 0 Å². The molecule has 1 fully saturated rings. The van der Waals surface area contributed by atoms with Crippen LogP contribution in [0.3, 0.4) is 0 Å². The van der Waals surface area contributed by atoms with Crippen LogP contribution in [0.1, 0.15) is 23.4 Å². The molecule has 8 heteroatoms. The summed E-state index contributed by atoms with van der Waals surface area (Å²) in [6, 6.07) is 3.58. The lowest BCUT2D eigenvalue weighted by atomic mass is 9.91. The van der Waals surface area contributed by atoms with Gasteiger partial charge in [-0.25, -0.2) is 13.8 Å². The second-order valence-electron chi connectivity index (χ2n) is 6.46. The number of carbonyl (C=O) groups is 1. The highest BCUT2D eigenvalue weighted by Gasteiger charge is 2.41. The van der Waals surface area contributed by atoms with E-state index in [2.05, 4.69) is 10.3 Å². The first kappa shape index (κ1) is 18.9. The second-order valence-corrected chi connectivity index (χ2v) is 7.44. The molecule has 2 aromatic rings. The fourth-order valence-electron chi connectivity index (χ4n) is 3.11. The molecule has 0 spiro atoms. The lowest BCUT2D eigenvalue weighted by Crippen LogP contribution is -2.57. The summed E-state index contributed by atoms with van der Waals surface area (Å²) >= 11 is 1.57. The number of amides is 1. The first-order valence-electron chi connectivity index (χ1n) is 8.53. The van der Waals surface area contributed by atoms with Crippen LogP contribution >= 0.6 is 11.3 Å². The molecule has 2 heterocycles. The van der Waals surface area contributed by atoms with Crippen molar-refractivity contribution < 1.29 is 18.7 Å². The average Bonchev–Trinajstić information content (AvgIpc) is 3.13. The molecule has 1 aromatic heterocycles. The number of aliphatic hydroxyl groups is 1.